The minimum Gasteiger partial charge on any atom is -0.320 e. The number of carbonyl (C=O) groups is 1. The highest BCUT2D eigenvalue weighted by Crippen LogP contribution is 2.43. The van der Waals surface area contributed by atoms with Crippen molar-refractivity contribution >= 4 is 11.7 Å². The first-order valence-electron chi connectivity index (χ1n) is 19.2. The topological polar surface area (TPSA) is 75.9 Å². The Labute approximate surface area is 324 Å². The van der Waals surface area contributed by atoms with Crippen molar-refractivity contribution in [3.05, 3.63) is 191 Å². The van der Waals surface area contributed by atoms with Crippen molar-refractivity contribution < 1.29 is 4.79 Å². The van der Waals surface area contributed by atoms with Crippen LogP contribution in [0.25, 0.3) is 22.5 Å². The van der Waals surface area contributed by atoms with Gasteiger partial charge in [0.15, 0.2) is 5.82 Å². The molecule has 0 spiro atoms. The van der Waals surface area contributed by atoms with Crippen LogP contribution in [-0.4, -0.2) is 37.7 Å². The molecule has 7 heteroatoms. The molecule has 0 fully saturated rings. The molecule has 7 nitrogen and oxygen atoms in total. The first-order chi connectivity index (χ1) is 26.9. The van der Waals surface area contributed by atoms with E-state index in [1.165, 1.54) is 5.56 Å². The maximum Gasteiger partial charge on any atom is 0.322 e. The van der Waals surface area contributed by atoms with Crippen molar-refractivity contribution in [2.24, 2.45) is 0 Å². The summed E-state index contributed by atoms with van der Waals surface area (Å²) in [5.41, 5.74) is 10.5. The van der Waals surface area contributed by atoms with E-state index < -0.39 is 5.54 Å². The normalized spacial score (nSPS) is 11.3. The highest BCUT2D eigenvalue weighted by atomic mass is 16.2. The summed E-state index contributed by atoms with van der Waals surface area (Å²) in [7, 11) is 0. The van der Waals surface area contributed by atoms with Gasteiger partial charge in [0.2, 0.25) is 0 Å². The number of nitrogens with one attached hydrogen (secondary N) is 1. The molecule has 0 aliphatic rings. The summed E-state index contributed by atoms with van der Waals surface area (Å²) in [5, 5.41) is 17.1. The zero-order valence-electron chi connectivity index (χ0n) is 32.1. The van der Waals surface area contributed by atoms with E-state index >= 15 is 0 Å². The van der Waals surface area contributed by atoms with Crippen LogP contribution < -0.4 is 5.32 Å². The number of aromatic nitrogens is 4. The lowest BCUT2D eigenvalue weighted by Crippen LogP contribution is -2.39. The van der Waals surface area contributed by atoms with Crippen molar-refractivity contribution in [3.63, 3.8) is 0 Å². The number of tetrazole rings is 1. The highest BCUT2D eigenvalue weighted by Gasteiger charge is 2.42. The van der Waals surface area contributed by atoms with Gasteiger partial charge in [0.1, 0.15) is 5.54 Å². The molecule has 1 heterocycles. The first-order valence-corrected chi connectivity index (χ1v) is 19.2. The van der Waals surface area contributed by atoms with Crippen LogP contribution in [0.15, 0.2) is 152 Å². The van der Waals surface area contributed by atoms with Gasteiger partial charge in [-0.1, -0.05) is 177 Å². The summed E-state index contributed by atoms with van der Waals surface area (Å²) in [6, 6.07) is 52.3. The predicted molar refractivity (Wildman–Crippen MR) is 223 cm³/mol. The molecule has 0 saturated carbocycles. The third kappa shape index (κ3) is 7.69. The predicted octanol–water partition coefficient (Wildman–Crippen LogP) is 11.0. The Balaban J connectivity index is 1.25. The third-order valence-corrected chi connectivity index (χ3v) is 10.4. The van der Waals surface area contributed by atoms with Crippen LogP contribution in [0.2, 0.25) is 0 Å². The Morgan fingerprint density at radius 1 is 0.673 bits per heavy atom. The van der Waals surface area contributed by atoms with Crippen molar-refractivity contribution in [2.45, 2.75) is 59.0 Å². The van der Waals surface area contributed by atoms with E-state index in [1.807, 2.05) is 33.8 Å². The number of urea groups is 1. The average molecular weight is 725 g/mol. The number of hydrogen-bond donors (Lipinski definition) is 1. The molecule has 7 aromatic rings. The van der Waals surface area contributed by atoms with E-state index in [0.717, 1.165) is 75.0 Å². The molecule has 0 bridgehead atoms. The van der Waals surface area contributed by atoms with E-state index in [2.05, 4.69) is 166 Å². The molecule has 55 heavy (non-hydrogen) atoms. The summed E-state index contributed by atoms with van der Waals surface area (Å²) >= 11 is 0. The number of benzene rings is 6. The van der Waals surface area contributed by atoms with E-state index in [1.54, 1.807) is 0 Å². The molecule has 0 aliphatic carbocycles. The van der Waals surface area contributed by atoms with Crippen LogP contribution in [0, 0.1) is 20.8 Å². The molecule has 276 valence electrons. The Hall–Kier alpha value is -6.34. The van der Waals surface area contributed by atoms with Gasteiger partial charge in [-0.25, -0.2) is 9.48 Å². The smallest absolute Gasteiger partial charge is 0.320 e. The summed E-state index contributed by atoms with van der Waals surface area (Å²) < 4.78 is 1.98. The largest absolute Gasteiger partial charge is 0.322 e. The molecular weight excluding hydrogens is 677 g/mol. The molecule has 2 amide bonds. The minimum absolute atomic E-state index is 0.0776. The summed E-state index contributed by atoms with van der Waals surface area (Å²) in [6.45, 7) is 9.56. The second kappa shape index (κ2) is 16.8. The number of nitrogens with zero attached hydrogens (tertiary/aromatic N) is 5. The van der Waals surface area contributed by atoms with Gasteiger partial charge in [-0.2, -0.15) is 0 Å². The zero-order chi connectivity index (χ0) is 38.2. The van der Waals surface area contributed by atoms with Crippen molar-refractivity contribution in [3.8, 4) is 22.5 Å². The molecule has 0 unspecified atom stereocenters. The Kier molecular flexibility index (Phi) is 11.3. The SMILES string of the molecule is CCCCCN(Cc1ccc(-c2ccccc2-c2nnnn2C(c2ccccc2)(c2ccccc2)c2ccccc2)cc1)C(=O)Nc1c(C)cc(C)cc1C. The summed E-state index contributed by atoms with van der Waals surface area (Å²) in [4.78, 5) is 15.7. The lowest BCUT2D eigenvalue weighted by atomic mass is 9.77. The quantitative estimate of drug-likeness (QED) is 0.0949. The van der Waals surface area contributed by atoms with Crippen LogP contribution in [0.5, 0.6) is 0 Å². The molecule has 0 radical (unpaired) electrons. The molecule has 0 saturated heterocycles. The molecule has 6 aromatic carbocycles. The van der Waals surface area contributed by atoms with Gasteiger partial charge < -0.3 is 10.2 Å². The highest BCUT2D eigenvalue weighted by molar-refractivity contribution is 5.91. The van der Waals surface area contributed by atoms with Crippen LogP contribution >= 0.6 is 0 Å². The second-order valence-corrected chi connectivity index (χ2v) is 14.3. The summed E-state index contributed by atoms with van der Waals surface area (Å²) in [5.74, 6) is 0.650. The van der Waals surface area contributed by atoms with E-state index in [0.29, 0.717) is 18.9 Å². The average Bonchev–Trinajstić information content (AvgIpc) is 3.71. The van der Waals surface area contributed by atoms with E-state index in [-0.39, 0.29) is 6.03 Å². The van der Waals surface area contributed by atoms with Crippen molar-refractivity contribution in [2.75, 3.05) is 11.9 Å². The minimum atomic E-state index is -0.864. The van der Waals surface area contributed by atoms with Gasteiger partial charge in [-0.3, -0.25) is 0 Å². The van der Waals surface area contributed by atoms with Gasteiger partial charge in [-0.05, 0) is 82.1 Å². The van der Waals surface area contributed by atoms with Gasteiger partial charge in [0, 0.05) is 24.3 Å². The Bertz CT molecular complexity index is 2220. The number of anilines is 1. The fourth-order valence-corrected chi connectivity index (χ4v) is 7.79. The zero-order valence-corrected chi connectivity index (χ0v) is 32.1. The van der Waals surface area contributed by atoms with Crippen molar-refractivity contribution in [1.29, 1.82) is 0 Å². The number of hydrogen-bond acceptors (Lipinski definition) is 4. The van der Waals surface area contributed by atoms with E-state index in [4.69, 9.17) is 10.3 Å². The summed E-state index contributed by atoms with van der Waals surface area (Å²) in [6.07, 6.45) is 3.11. The lowest BCUT2D eigenvalue weighted by Gasteiger charge is -2.36. The second-order valence-electron chi connectivity index (χ2n) is 14.3. The lowest BCUT2D eigenvalue weighted by molar-refractivity contribution is 0.208. The molecular formula is C48H48N6O. The number of unbranched alkanes of at least 4 members (excludes halogenated alkanes) is 2. The molecule has 1 aromatic heterocycles. The Morgan fingerprint density at radius 2 is 1.20 bits per heavy atom. The standard InChI is InChI=1S/C48H48N6O/c1-5-6-18-31-53(47(55)49-45-36(3)32-35(2)33-37(45)4)34-38-27-29-39(30-28-38)43-25-16-17-26-44(43)46-50-51-52-54(46)48(40-19-10-7-11-20-40,41-21-12-8-13-22-41)42-23-14-9-15-24-42/h7-17,19-30,32-33H,5-6,18,31,34H2,1-4H3,(H,49,55). The fraction of sp³-hybridized carbons (Fsp3) is 0.208. The van der Waals surface area contributed by atoms with Crippen LogP contribution in [0.1, 0.15) is 65.1 Å². The molecule has 0 atom stereocenters. The Morgan fingerprint density at radius 3 is 1.75 bits per heavy atom. The van der Waals surface area contributed by atoms with Gasteiger partial charge in [-0.15, -0.1) is 5.10 Å². The number of rotatable bonds is 13. The maximum atomic E-state index is 13.8. The first kappa shape index (κ1) is 37.0. The van der Waals surface area contributed by atoms with Gasteiger partial charge in [0.05, 0.1) is 0 Å². The number of carbonyl (C=O) groups excluding carboxylic acids is 1. The molecule has 1 N–H and O–H groups in total. The number of aryl methyl sites for hydroxylation is 3. The van der Waals surface area contributed by atoms with Gasteiger partial charge >= 0.3 is 6.03 Å². The van der Waals surface area contributed by atoms with Gasteiger partial charge in [0.25, 0.3) is 0 Å². The van der Waals surface area contributed by atoms with Crippen LogP contribution in [-0.2, 0) is 12.1 Å². The monoisotopic (exact) mass is 724 g/mol. The molecule has 7 rings (SSSR count). The fourth-order valence-electron chi connectivity index (χ4n) is 7.79. The maximum absolute atomic E-state index is 13.8. The third-order valence-electron chi connectivity index (χ3n) is 10.4. The van der Waals surface area contributed by atoms with Crippen LogP contribution in [0.3, 0.4) is 0 Å². The number of amides is 2. The van der Waals surface area contributed by atoms with E-state index in [9.17, 15) is 4.79 Å². The molecule has 0 aliphatic heterocycles. The van der Waals surface area contributed by atoms with Crippen LogP contribution in [0.4, 0.5) is 10.5 Å². The van der Waals surface area contributed by atoms with Crippen molar-refractivity contribution in [1.82, 2.24) is 25.1 Å².